The van der Waals surface area contributed by atoms with Crippen molar-refractivity contribution in [2.75, 3.05) is 17.8 Å². The zero-order valence-corrected chi connectivity index (χ0v) is 14.6. The molecule has 1 fully saturated rings. The normalized spacial score (nSPS) is 20.0. The fraction of sp³-hybridized carbons (Fsp3) is 0.643. The predicted molar refractivity (Wildman–Crippen MR) is 84.8 cm³/mol. The van der Waals surface area contributed by atoms with Gasteiger partial charge >= 0.3 is 5.97 Å². The predicted octanol–water partition coefficient (Wildman–Crippen LogP) is 1.48. The number of hydrogen-bond acceptors (Lipinski definition) is 7. The summed E-state index contributed by atoms with van der Waals surface area (Å²) in [6.45, 7) is 3.80. The maximum atomic E-state index is 11.9. The number of aromatic nitrogens is 2. The number of carbonyl (C=O) groups excluding carboxylic acids is 1. The molecule has 0 unspecified atom stereocenters. The average Bonchev–Trinajstić information content (AvgIpc) is 2.76. The monoisotopic (exact) mass is 344 g/mol. The summed E-state index contributed by atoms with van der Waals surface area (Å²) in [5.41, 5.74) is 2.69. The van der Waals surface area contributed by atoms with Crippen molar-refractivity contribution in [3.8, 4) is 0 Å². The molecule has 1 aromatic heterocycles. The van der Waals surface area contributed by atoms with Gasteiger partial charge in [0.2, 0.25) is 0 Å². The quantitative estimate of drug-likeness (QED) is 0.454. The molecule has 1 aliphatic heterocycles. The van der Waals surface area contributed by atoms with Crippen molar-refractivity contribution < 1.29 is 17.9 Å². The lowest BCUT2D eigenvalue weighted by Crippen LogP contribution is -2.20. The van der Waals surface area contributed by atoms with E-state index in [1.165, 1.54) is 11.8 Å². The number of thioether (sulfide) groups is 1. The van der Waals surface area contributed by atoms with E-state index in [1.807, 2.05) is 20.1 Å². The highest BCUT2D eigenvalue weighted by molar-refractivity contribution is 7.98. The summed E-state index contributed by atoms with van der Waals surface area (Å²) < 4.78 is 27.9. The zero-order valence-electron chi connectivity index (χ0n) is 13.0. The smallest absolute Gasteiger partial charge is 0.306 e. The molecule has 0 radical (unpaired) electrons. The summed E-state index contributed by atoms with van der Waals surface area (Å²) in [6.07, 6.45) is 2.54. The van der Waals surface area contributed by atoms with E-state index in [4.69, 9.17) is 4.74 Å². The third-order valence-corrected chi connectivity index (χ3v) is 5.94. The standard InChI is InChI=1S/C14H20N2O4S2/c1-9-12(10(2)16-14(15-9)21-3)4-5-13(17)20-11-6-7-22(18,19)8-11/h11H,4-8H2,1-3H3/t11-/m0/s1. The first-order valence-electron chi connectivity index (χ1n) is 7.09. The van der Waals surface area contributed by atoms with Crippen LogP contribution in [0.2, 0.25) is 0 Å². The van der Waals surface area contributed by atoms with Crippen LogP contribution in [0.25, 0.3) is 0 Å². The summed E-state index contributed by atoms with van der Waals surface area (Å²) in [5.74, 6) is -0.315. The van der Waals surface area contributed by atoms with E-state index in [0.717, 1.165) is 22.1 Å². The van der Waals surface area contributed by atoms with Gasteiger partial charge in [0.15, 0.2) is 15.0 Å². The van der Waals surface area contributed by atoms with Gasteiger partial charge in [-0.25, -0.2) is 18.4 Å². The van der Waals surface area contributed by atoms with Crippen molar-refractivity contribution in [3.05, 3.63) is 17.0 Å². The van der Waals surface area contributed by atoms with E-state index in [-0.39, 0.29) is 23.9 Å². The molecule has 2 rings (SSSR count). The van der Waals surface area contributed by atoms with Gasteiger partial charge in [0.1, 0.15) is 6.10 Å². The van der Waals surface area contributed by atoms with Gasteiger partial charge in [-0.1, -0.05) is 11.8 Å². The lowest BCUT2D eigenvalue weighted by molar-refractivity contribution is -0.147. The number of esters is 1. The summed E-state index contributed by atoms with van der Waals surface area (Å²) in [7, 11) is -3.03. The number of sulfone groups is 1. The van der Waals surface area contributed by atoms with Gasteiger partial charge in [-0.15, -0.1) is 0 Å². The topological polar surface area (TPSA) is 86.2 Å². The molecule has 0 amide bonds. The summed E-state index contributed by atoms with van der Waals surface area (Å²) >= 11 is 1.48. The Morgan fingerprint density at radius 3 is 2.45 bits per heavy atom. The summed E-state index contributed by atoms with van der Waals surface area (Å²) in [4.78, 5) is 20.6. The summed E-state index contributed by atoms with van der Waals surface area (Å²) in [6, 6.07) is 0. The van der Waals surface area contributed by atoms with Gasteiger partial charge in [0.05, 0.1) is 11.5 Å². The van der Waals surface area contributed by atoms with Crippen molar-refractivity contribution in [1.82, 2.24) is 9.97 Å². The molecule has 1 aromatic rings. The molecule has 0 spiro atoms. The minimum absolute atomic E-state index is 0.0532. The molecular formula is C14H20N2O4S2. The van der Waals surface area contributed by atoms with E-state index < -0.39 is 15.9 Å². The van der Waals surface area contributed by atoms with Gasteiger partial charge in [-0.2, -0.15) is 0 Å². The molecule has 0 saturated carbocycles. The van der Waals surface area contributed by atoms with E-state index in [9.17, 15) is 13.2 Å². The Balaban J connectivity index is 1.92. The Hall–Kier alpha value is -1.15. The number of nitrogens with zero attached hydrogens (tertiary/aromatic N) is 2. The Morgan fingerprint density at radius 1 is 1.32 bits per heavy atom. The largest absolute Gasteiger partial charge is 0.461 e. The van der Waals surface area contributed by atoms with Gasteiger partial charge in [0.25, 0.3) is 0 Å². The number of aryl methyl sites for hydroxylation is 2. The SMILES string of the molecule is CSc1nc(C)c(CCC(=O)O[C@H]2CCS(=O)(=O)C2)c(C)n1. The van der Waals surface area contributed by atoms with Crippen molar-refractivity contribution in [1.29, 1.82) is 0 Å². The number of rotatable bonds is 5. The second-order valence-corrected chi connectivity index (χ2v) is 8.38. The highest BCUT2D eigenvalue weighted by Gasteiger charge is 2.30. The molecule has 8 heteroatoms. The van der Waals surface area contributed by atoms with E-state index in [0.29, 0.717) is 12.8 Å². The van der Waals surface area contributed by atoms with Crippen LogP contribution >= 0.6 is 11.8 Å². The van der Waals surface area contributed by atoms with Crippen LogP contribution in [0.15, 0.2) is 5.16 Å². The molecule has 6 nitrogen and oxygen atoms in total. The minimum Gasteiger partial charge on any atom is -0.461 e. The van der Waals surface area contributed by atoms with Crippen molar-refractivity contribution in [2.24, 2.45) is 0 Å². The third-order valence-electron chi connectivity index (χ3n) is 3.65. The molecule has 0 bridgehead atoms. The molecule has 22 heavy (non-hydrogen) atoms. The van der Waals surface area contributed by atoms with Crippen LogP contribution in [0.5, 0.6) is 0 Å². The van der Waals surface area contributed by atoms with Gasteiger partial charge in [-0.3, -0.25) is 4.79 Å². The molecule has 0 aromatic carbocycles. The van der Waals surface area contributed by atoms with Crippen LogP contribution in [-0.2, 0) is 25.8 Å². The van der Waals surface area contributed by atoms with Crippen LogP contribution < -0.4 is 0 Å². The molecule has 1 aliphatic rings. The van der Waals surface area contributed by atoms with E-state index >= 15 is 0 Å². The Labute approximate surface area is 135 Å². The number of carbonyl (C=O) groups is 1. The van der Waals surface area contributed by atoms with Crippen LogP contribution in [-0.4, -0.2) is 48.2 Å². The average molecular weight is 344 g/mol. The van der Waals surface area contributed by atoms with Crippen molar-refractivity contribution in [3.63, 3.8) is 0 Å². The second kappa shape index (κ2) is 6.95. The molecular weight excluding hydrogens is 324 g/mol. The fourth-order valence-corrected chi connectivity index (χ4v) is 4.53. The first-order chi connectivity index (χ1) is 10.3. The van der Waals surface area contributed by atoms with Crippen LogP contribution in [0.3, 0.4) is 0 Å². The fourth-order valence-electron chi connectivity index (χ4n) is 2.49. The highest BCUT2D eigenvalue weighted by Crippen LogP contribution is 2.19. The Bertz CT molecular complexity index is 650. The summed E-state index contributed by atoms with van der Waals surface area (Å²) in [5, 5.41) is 0.720. The van der Waals surface area contributed by atoms with Gasteiger partial charge < -0.3 is 4.74 Å². The lowest BCUT2D eigenvalue weighted by Gasteiger charge is -2.12. The zero-order chi connectivity index (χ0) is 16.3. The molecule has 122 valence electrons. The maximum Gasteiger partial charge on any atom is 0.306 e. The van der Waals surface area contributed by atoms with Gasteiger partial charge in [0, 0.05) is 17.8 Å². The molecule has 1 saturated heterocycles. The Kier molecular flexibility index (Phi) is 5.44. The van der Waals surface area contributed by atoms with Crippen LogP contribution in [0.4, 0.5) is 0 Å². The van der Waals surface area contributed by atoms with Gasteiger partial charge in [-0.05, 0) is 38.5 Å². The third kappa shape index (κ3) is 4.42. The molecule has 0 aliphatic carbocycles. The minimum atomic E-state index is -3.03. The van der Waals surface area contributed by atoms with Crippen molar-refractivity contribution in [2.45, 2.75) is 44.4 Å². The molecule has 2 heterocycles. The first-order valence-corrected chi connectivity index (χ1v) is 10.1. The van der Waals surface area contributed by atoms with Crippen LogP contribution in [0.1, 0.15) is 29.8 Å². The molecule has 1 atom stereocenters. The second-order valence-electron chi connectivity index (χ2n) is 5.37. The Morgan fingerprint density at radius 2 is 1.95 bits per heavy atom. The highest BCUT2D eigenvalue weighted by atomic mass is 32.2. The molecule has 0 N–H and O–H groups in total. The van der Waals surface area contributed by atoms with E-state index in [1.54, 1.807) is 0 Å². The number of ether oxygens (including phenoxy) is 1. The van der Waals surface area contributed by atoms with Crippen molar-refractivity contribution >= 4 is 27.6 Å². The van der Waals surface area contributed by atoms with Crippen LogP contribution in [0, 0.1) is 13.8 Å². The van der Waals surface area contributed by atoms with E-state index in [2.05, 4.69) is 9.97 Å². The first kappa shape index (κ1) is 17.2. The lowest BCUT2D eigenvalue weighted by atomic mass is 10.1. The maximum absolute atomic E-state index is 11.9. The number of hydrogen-bond donors (Lipinski definition) is 0.